The van der Waals surface area contributed by atoms with Crippen molar-refractivity contribution in [1.82, 2.24) is 10.1 Å². The van der Waals surface area contributed by atoms with Crippen LogP contribution in [0.1, 0.15) is 0 Å². The van der Waals surface area contributed by atoms with Gasteiger partial charge in [-0.15, -0.1) is 0 Å². The summed E-state index contributed by atoms with van der Waals surface area (Å²) in [7, 11) is 0. The van der Waals surface area contributed by atoms with Gasteiger partial charge in [0.15, 0.2) is 11.6 Å². The molecule has 0 unspecified atom stereocenters. The smallest absolute Gasteiger partial charge is 0.182 e. The van der Waals surface area contributed by atoms with Gasteiger partial charge in [-0.1, -0.05) is 28.9 Å². The lowest BCUT2D eigenvalue weighted by atomic mass is 10.0. The second kappa shape index (κ2) is 4.94. The van der Waals surface area contributed by atoms with Crippen LogP contribution >= 0.6 is 11.6 Å². The van der Waals surface area contributed by atoms with E-state index < -0.39 is 5.82 Å². The molecule has 0 radical (unpaired) electrons. The van der Waals surface area contributed by atoms with Crippen molar-refractivity contribution in [2.45, 2.75) is 0 Å². The molecule has 0 fully saturated rings. The average molecular weight is 290 g/mol. The first-order valence-electron chi connectivity index (χ1n) is 5.79. The molecule has 0 saturated carbocycles. The number of nitrogens with zero attached hydrogens (tertiary/aromatic N) is 2. The van der Waals surface area contributed by atoms with Gasteiger partial charge in [-0.25, -0.2) is 4.39 Å². The summed E-state index contributed by atoms with van der Waals surface area (Å²) >= 11 is 6.04. The number of pyridine rings is 1. The normalized spacial score (nSPS) is 10.7. The van der Waals surface area contributed by atoms with Gasteiger partial charge in [0, 0.05) is 6.20 Å². The van der Waals surface area contributed by atoms with Crippen LogP contribution in [0.15, 0.2) is 47.1 Å². The molecule has 100 valence electrons. The van der Waals surface area contributed by atoms with Crippen molar-refractivity contribution in [3.8, 4) is 22.6 Å². The van der Waals surface area contributed by atoms with Crippen LogP contribution in [0, 0.1) is 5.82 Å². The number of nitrogens with two attached hydrogens (primary N) is 1. The predicted octanol–water partition coefficient (Wildman–Crippen LogP) is 3.78. The minimum atomic E-state index is -0.508. The number of rotatable bonds is 2. The lowest BCUT2D eigenvalue weighted by Gasteiger charge is -2.05. The van der Waals surface area contributed by atoms with Crippen molar-refractivity contribution < 1.29 is 8.91 Å². The molecule has 2 aromatic heterocycles. The van der Waals surface area contributed by atoms with Gasteiger partial charge in [-0.05, 0) is 24.3 Å². The van der Waals surface area contributed by atoms with Crippen LogP contribution in [-0.2, 0) is 0 Å². The van der Waals surface area contributed by atoms with Crippen LogP contribution in [0.25, 0.3) is 22.6 Å². The van der Waals surface area contributed by atoms with Crippen molar-refractivity contribution in [1.29, 1.82) is 0 Å². The van der Waals surface area contributed by atoms with Crippen molar-refractivity contribution in [2.24, 2.45) is 0 Å². The maximum absolute atomic E-state index is 14.0. The number of hydrogen-bond acceptors (Lipinski definition) is 4. The summed E-state index contributed by atoms with van der Waals surface area (Å²) in [5, 5.41) is 3.91. The summed E-state index contributed by atoms with van der Waals surface area (Å²) in [6.07, 6.45) is 1.61. The highest BCUT2D eigenvalue weighted by atomic mass is 35.5. The van der Waals surface area contributed by atoms with Crippen LogP contribution in [0.3, 0.4) is 0 Å². The quantitative estimate of drug-likeness (QED) is 0.780. The molecule has 6 heteroatoms. The number of nitrogen functional groups attached to an aromatic ring is 1. The minimum absolute atomic E-state index is 0.124. The monoisotopic (exact) mass is 289 g/mol. The SMILES string of the molecule is Nc1noc(-c2c(F)cccc2Cl)c1-c1ccccn1. The van der Waals surface area contributed by atoms with Crippen LogP contribution < -0.4 is 5.73 Å². The van der Waals surface area contributed by atoms with E-state index in [0.29, 0.717) is 11.3 Å². The summed E-state index contributed by atoms with van der Waals surface area (Å²) in [5.74, 6) is -0.201. The van der Waals surface area contributed by atoms with E-state index in [0.717, 1.165) is 0 Å². The zero-order chi connectivity index (χ0) is 14.1. The second-order valence-corrected chi connectivity index (χ2v) is 4.49. The van der Waals surface area contributed by atoms with E-state index in [1.807, 2.05) is 0 Å². The zero-order valence-electron chi connectivity index (χ0n) is 10.2. The summed E-state index contributed by atoms with van der Waals surface area (Å²) in [4.78, 5) is 4.18. The van der Waals surface area contributed by atoms with E-state index >= 15 is 0 Å². The third kappa shape index (κ3) is 2.02. The van der Waals surface area contributed by atoms with Crippen molar-refractivity contribution in [3.63, 3.8) is 0 Å². The number of benzene rings is 1. The molecule has 0 aliphatic heterocycles. The number of hydrogen-bond donors (Lipinski definition) is 1. The fourth-order valence-electron chi connectivity index (χ4n) is 1.95. The Bertz CT molecular complexity index is 738. The van der Waals surface area contributed by atoms with Gasteiger partial charge in [0.2, 0.25) is 0 Å². The number of aromatic nitrogens is 2. The van der Waals surface area contributed by atoms with Crippen molar-refractivity contribution in [2.75, 3.05) is 5.73 Å². The lowest BCUT2D eigenvalue weighted by Crippen LogP contribution is -1.92. The van der Waals surface area contributed by atoms with E-state index in [4.69, 9.17) is 21.9 Å². The second-order valence-electron chi connectivity index (χ2n) is 4.08. The van der Waals surface area contributed by atoms with E-state index in [-0.39, 0.29) is 22.2 Å². The topological polar surface area (TPSA) is 64.9 Å². The first-order valence-corrected chi connectivity index (χ1v) is 6.17. The van der Waals surface area contributed by atoms with E-state index in [2.05, 4.69) is 10.1 Å². The lowest BCUT2D eigenvalue weighted by molar-refractivity contribution is 0.433. The van der Waals surface area contributed by atoms with Gasteiger partial charge in [-0.2, -0.15) is 0 Å². The molecule has 20 heavy (non-hydrogen) atoms. The molecule has 0 atom stereocenters. The van der Waals surface area contributed by atoms with Gasteiger partial charge < -0.3 is 10.3 Å². The Labute approximate surface area is 119 Å². The standard InChI is InChI=1S/C14H9ClFN3O/c15-8-4-3-5-9(16)11(8)13-12(14(17)19-20-13)10-6-1-2-7-18-10/h1-7H,(H2,17,19). The molecule has 0 amide bonds. The molecular weight excluding hydrogens is 281 g/mol. The largest absolute Gasteiger partial charge is 0.380 e. The highest BCUT2D eigenvalue weighted by molar-refractivity contribution is 6.33. The minimum Gasteiger partial charge on any atom is -0.380 e. The van der Waals surface area contributed by atoms with Gasteiger partial charge in [0.25, 0.3) is 0 Å². The summed E-state index contributed by atoms with van der Waals surface area (Å²) in [6.45, 7) is 0. The molecular formula is C14H9ClFN3O. The van der Waals surface area contributed by atoms with Crippen molar-refractivity contribution in [3.05, 3.63) is 53.4 Å². The molecule has 0 saturated heterocycles. The molecule has 0 aliphatic carbocycles. The van der Waals surface area contributed by atoms with Gasteiger partial charge in [0.05, 0.1) is 21.8 Å². The molecule has 1 aromatic carbocycles. The van der Waals surface area contributed by atoms with Crippen LogP contribution in [0.5, 0.6) is 0 Å². The van der Waals surface area contributed by atoms with Gasteiger partial charge >= 0.3 is 0 Å². The Morgan fingerprint density at radius 2 is 1.95 bits per heavy atom. The fraction of sp³-hybridized carbons (Fsp3) is 0. The molecule has 0 spiro atoms. The van der Waals surface area contributed by atoms with Gasteiger partial charge in [-0.3, -0.25) is 4.98 Å². The van der Waals surface area contributed by atoms with E-state index in [1.165, 1.54) is 12.1 Å². The molecule has 3 rings (SSSR count). The van der Waals surface area contributed by atoms with Crippen molar-refractivity contribution >= 4 is 17.4 Å². The Morgan fingerprint density at radius 1 is 1.10 bits per heavy atom. The third-order valence-electron chi connectivity index (χ3n) is 2.83. The maximum atomic E-state index is 14.0. The van der Waals surface area contributed by atoms with Crippen LogP contribution in [0.2, 0.25) is 5.02 Å². The first-order chi connectivity index (χ1) is 9.68. The average Bonchev–Trinajstić information content (AvgIpc) is 2.81. The van der Waals surface area contributed by atoms with E-state index in [1.54, 1.807) is 30.5 Å². The zero-order valence-corrected chi connectivity index (χ0v) is 10.9. The molecule has 3 aromatic rings. The number of halogens is 2. The first kappa shape index (κ1) is 12.6. The Morgan fingerprint density at radius 3 is 2.65 bits per heavy atom. The Hall–Kier alpha value is -2.40. The number of anilines is 1. The molecule has 2 N–H and O–H groups in total. The third-order valence-corrected chi connectivity index (χ3v) is 3.14. The summed E-state index contributed by atoms with van der Waals surface area (Å²) < 4.78 is 19.2. The molecule has 0 bridgehead atoms. The highest BCUT2D eigenvalue weighted by Gasteiger charge is 2.23. The summed E-state index contributed by atoms with van der Waals surface area (Å²) in [5.41, 5.74) is 6.90. The molecule has 0 aliphatic rings. The van der Waals surface area contributed by atoms with E-state index in [9.17, 15) is 4.39 Å². The van der Waals surface area contributed by atoms with Crippen LogP contribution in [-0.4, -0.2) is 10.1 Å². The predicted molar refractivity (Wildman–Crippen MR) is 74.6 cm³/mol. The Kier molecular flexibility index (Phi) is 3.12. The Balaban J connectivity index is 2.27. The fourth-order valence-corrected chi connectivity index (χ4v) is 2.19. The summed E-state index contributed by atoms with van der Waals surface area (Å²) in [6, 6.07) is 9.68. The highest BCUT2D eigenvalue weighted by Crippen LogP contribution is 2.39. The molecule has 4 nitrogen and oxygen atoms in total. The maximum Gasteiger partial charge on any atom is 0.182 e. The molecule has 2 heterocycles. The van der Waals surface area contributed by atoms with Gasteiger partial charge in [0.1, 0.15) is 5.82 Å². The van der Waals surface area contributed by atoms with Crippen LogP contribution in [0.4, 0.5) is 10.2 Å².